The van der Waals surface area contributed by atoms with E-state index < -0.39 is 0 Å². The molecule has 0 amide bonds. The molecule has 1 aromatic heterocycles. The van der Waals surface area contributed by atoms with Gasteiger partial charge in [-0.1, -0.05) is 30.3 Å². The Morgan fingerprint density at radius 2 is 2.07 bits per heavy atom. The molecule has 0 fully saturated rings. The number of nitrogens with one attached hydrogen (secondary N) is 1. The lowest BCUT2D eigenvalue weighted by molar-refractivity contribution is 0.755. The van der Waals surface area contributed by atoms with Crippen molar-refractivity contribution in [2.24, 2.45) is 5.73 Å². The van der Waals surface area contributed by atoms with E-state index in [1.54, 1.807) is 0 Å². The molecule has 1 atom stereocenters. The van der Waals surface area contributed by atoms with E-state index in [4.69, 9.17) is 5.73 Å². The van der Waals surface area contributed by atoms with Crippen LogP contribution in [0.15, 0.2) is 36.7 Å². The third-order valence-corrected chi connectivity index (χ3v) is 2.20. The van der Waals surface area contributed by atoms with Gasteiger partial charge in [-0.05, 0) is 5.56 Å². The topological polar surface area (TPSA) is 67.6 Å². The van der Waals surface area contributed by atoms with E-state index >= 15 is 0 Å². The summed E-state index contributed by atoms with van der Waals surface area (Å²) in [5, 5.41) is 6.67. The Bertz CT molecular complexity index is 368. The van der Waals surface area contributed by atoms with Crippen LogP contribution >= 0.6 is 0 Å². The molecule has 0 saturated carbocycles. The van der Waals surface area contributed by atoms with Crippen LogP contribution in [-0.4, -0.2) is 21.7 Å². The van der Waals surface area contributed by atoms with Gasteiger partial charge < -0.3 is 5.73 Å². The second kappa shape index (κ2) is 4.02. The maximum absolute atomic E-state index is 5.71. The van der Waals surface area contributed by atoms with Gasteiger partial charge in [0.05, 0.1) is 5.92 Å². The summed E-state index contributed by atoms with van der Waals surface area (Å²) in [6.45, 7) is 0.527. The summed E-state index contributed by atoms with van der Waals surface area (Å²) in [5.41, 5.74) is 6.87. The number of hydrogen-bond acceptors (Lipinski definition) is 3. The van der Waals surface area contributed by atoms with Crippen LogP contribution in [-0.2, 0) is 0 Å². The third-order valence-electron chi connectivity index (χ3n) is 2.20. The monoisotopic (exact) mass is 188 g/mol. The number of H-pyrrole nitrogens is 1. The van der Waals surface area contributed by atoms with Crippen LogP contribution in [0.5, 0.6) is 0 Å². The molecule has 0 aliphatic rings. The van der Waals surface area contributed by atoms with E-state index in [9.17, 15) is 0 Å². The number of benzene rings is 1. The van der Waals surface area contributed by atoms with Crippen molar-refractivity contribution in [3.05, 3.63) is 48.0 Å². The molecule has 14 heavy (non-hydrogen) atoms. The van der Waals surface area contributed by atoms with Gasteiger partial charge in [-0.15, -0.1) is 0 Å². The van der Waals surface area contributed by atoms with Gasteiger partial charge >= 0.3 is 0 Å². The summed E-state index contributed by atoms with van der Waals surface area (Å²) in [6, 6.07) is 10.1. The van der Waals surface area contributed by atoms with E-state index in [1.165, 1.54) is 6.33 Å². The van der Waals surface area contributed by atoms with Crippen LogP contribution in [0.25, 0.3) is 0 Å². The molecule has 2 aromatic rings. The van der Waals surface area contributed by atoms with Gasteiger partial charge in [0.2, 0.25) is 0 Å². The van der Waals surface area contributed by atoms with Gasteiger partial charge in [-0.3, -0.25) is 5.10 Å². The van der Waals surface area contributed by atoms with Crippen molar-refractivity contribution in [1.82, 2.24) is 15.2 Å². The van der Waals surface area contributed by atoms with Crippen molar-refractivity contribution in [3.63, 3.8) is 0 Å². The maximum atomic E-state index is 5.71. The lowest BCUT2D eigenvalue weighted by atomic mass is 9.99. The molecule has 0 radical (unpaired) electrons. The second-order valence-corrected chi connectivity index (χ2v) is 3.07. The Balaban J connectivity index is 2.31. The molecule has 3 N–H and O–H groups in total. The first kappa shape index (κ1) is 8.90. The minimum absolute atomic E-state index is 0.110. The number of rotatable bonds is 3. The van der Waals surface area contributed by atoms with Crippen molar-refractivity contribution < 1.29 is 0 Å². The summed E-state index contributed by atoms with van der Waals surface area (Å²) in [6.07, 6.45) is 1.50. The molecule has 0 aliphatic heterocycles. The SMILES string of the molecule is NC[C@@H](c1ccccc1)c1ncn[nH]1. The molecule has 0 aliphatic carbocycles. The zero-order valence-corrected chi connectivity index (χ0v) is 7.72. The van der Waals surface area contributed by atoms with Crippen LogP contribution in [0.1, 0.15) is 17.3 Å². The first-order valence-electron chi connectivity index (χ1n) is 4.52. The highest BCUT2D eigenvalue weighted by Gasteiger charge is 2.14. The molecule has 4 heteroatoms. The quantitative estimate of drug-likeness (QED) is 0.751. The van der Waals surface area contributed by atoms with E-state index in [1.807, 2.05) is 30.3 Å². The Morgan fingerprint density at radius 3 is 2.64 bits per heavy atom. The summed E-state index contributed by atoms with van der Waals surface area (Å²) >= 11 is 0. The van der Waals surface area contributed by atoms with Crippen LogP contribution in [0.3, 0.4) is 0 Å². The van der Waals surface area contributed by atoms with Gasteiger partial charge in [0, 0.05) is 6.54 Å². The van der Waals surface area contributed by atoms with E-state index in [0.717, 1.165) is 11.4 Å². The minimum atomic E-state index is 0.110. The summed E-state index contributed by atoms with van der Waals surface area (Å²) < 4.78 is 0. The van der Waals surface area contributed by atoms with Gasteiger partial charge in [-0.2, -0.15) is 5.10 Å². The molecule has 1 aromatic carbocycles. The van der Waals surface area contributed by atoms with E-state index in [0.29, 0.717) is 6.54 Å². The highest BCUT2D eigenvalue weighted by Crippen LogP contribution is 2.18. The van der Waals surface area contributed by atoms with E-state index in [-0.39, 0.29) is 5.92 Å². The standard InChI is InChI=1S/C10H12N4/c11-6-9(10-12-7-13-14-10)8-4-2-1-3-5-8/h1-5,7,9H,6,11H2,(H,12,13,14)/t9-/m0/s1. The molecule has 0 saturated heterocycles. The molecule has 2 rings (SSSR count). The normalized spacial score (nSPS) is 12.6. The molecule has 0 unspecified atom stereocenters. The van der Waals surface area contributed by atoms with Crippen molar-refractivity contribution in [2.45, 2.75) is 5.92 Å². The average Bonchev–Trinajstić information content (AvgIpc) is 2.74. The largest absolute Gasteiger partial charge is 0.329 e. The molecular formula is C10H12N4. The van der Waals surface area contributed by atoms with Crippen LogP contribution < -0.4 is 5.73 Å². The smallest absolute Gasteiger partial charge is 0.137 e. The zero-order chi connectivity index (χ0) is 9.80. The summed E-state index contributed by atoms with van der Waals surface area (Å²) in [5.74, 6) is 0.928. The number of aromatic amines is 1. The highest BCUT2D eigenvalue weighted by molar-refractivity contribution is 5.25. The fourth-order valence-corrected chi connectivity index (χ4v) is 1.47. The Hall–Kier alpha value is -1.68. The molecule has 4 nitrogen and oxygen atoms in total. The average molecular weight is 188 g/mol. The van der Waals surface area contributed by atoms with Crippen LogP contribution in [0.4, 0.5) is 0 Å². The van der Waals surface area contributed by atoms with Crippen molar-refractivity contribution in [2.75, 3.05) is 6.54 Å². The first-order valence-corrected chi connectivity index (χ1v) is 4.52. The Labute approximate surface area is 82.2 Å². The van der Waals surface area contributed by atoms with Gasteiger partial charge in [0.25, 0.3) is 0 Å². The number of nitrogens with zero attached hydrogens (tertiary/aromatic N) is 2. The Kier molecular flexibility index (Phi) is 2.55. The number of nitrogens with two attached hydrogens (primary N) is 1. The fraction of sp³-hybridized carbons (Fsp3) is 0.200. The van der Waals surface area contributed by atoms with Gasteiger partial charge in [0.1, 0.15) is 12.2 Å². The minimum Gasteiger partial charge on any atom is -0.329 e. The summed E-state index contributed by atoms with van der Waals surface area (Å²) in [7, 11) is 0. The molecule has 1 heterocycles. The predicted octanol–water partition coefficient (Wildman–Crippen LogP) is 0.895. The van der Waals surface area contributed by atoms with Crippen LogP contribution in [0, 0.1) is 0 Å². The van der Waals surface area contributed by atoms with E-state index in [2.05, 4.69) is 15.2 Å². The molecule has 0 spiro atoms. The first-order chi connectivity index (χ1) is 6.92. The number of hydrogen-bond donors (Lipinski definition) is 2. The number of aromatic nitrogens is 3. The molecular weight excluding hydrogens is 176 g/mol. The molecule has 72 valence electrons. The lowest BCUT2D eigenvalue weighted by Crippen LogP contribution is -2.15. The Morgan fingerprint density at radius 1 is 1.29 bits per heavy atom. The second-order valence-electron chi connectivity index (χ2n) is 3.07. The summed E-state index contributed by atoms with van der Waals surface area (Å²) in [4.78, 5) is 4.12. The fourth-order valence-electron chi connectivity index (χ4n) is 1.47. The van der Waals surface area contributed by atoms with Gasteiger partial charge in [0.15, 0.2) is 0 Å². The predicted molar refractivity (Wildman–Crippen MR) is 53.7 cm³/mol. The maximum Gasteiger partial charge on any atom is 0.137 e. The van der Waals surface area contributed by atoms with Gasteiger partial charge in [-0.25, -0.2) is 4.98 Å². The van der Waals surface area contributed by atoms with Crippen molar-refractivity contribution in [1.29, 1.82) is 0 Å². The van der Waals surface area contributed by atoms with Crippen molar-refractivity contribution in [3.8, 4) is 0 Å². The van der Waals surface area contributed by atoms with Crippen molar-refractivity contribution >= 4 is 0 Å². The third kappa shape index (κ3) is 1.65. The van der Waals surface area contributed by atoms with Crippen LogP contribution in [0.2, 0.25) is 0 Å². The zero-order valence-electron chi connectivity index (χ0n) is 7.72. The molecule has 0 bridgehead atoms. The lowest BCUT2D eigenvalue weighted by Gasteiger charge is -2.11. The highest BCUT2D eigenvalue weighted by atomic mass is 15.2.